The van der Waals surface area contributed by atoms with E-state index in [4.69, 9.17) is 16.3 Å². The number of carbonyl (C=O) groups excluding carboxylic acids is 1. The molecule has 0 aliphatic carbocycles. The summed E-state index contributed by atoms with van der Waals surface area (Å²) in [6, 6.07) is 18.6. The number of nitrogens with zero attached hydrogens (tertiary/aromatic N) is 1. The van der Waals surface area contributed by atoms with E-state index in [1.165, 1.54) is 10.4 Å². The summed E-state index contributed by atoms with van der Waals surface area (Å²) < 4.78 is 33.7. The van der Waals surface area contributed by atoms with Crippen LogP contribution in [0.3, 0.4) is 0 Å². The molecular formula is C25H27ClN2O4S. The zero-order chi connectivity index (χ0) is 23.4. The third-order valence-corrected chi connectivity index (χ3v) is 8.03. The third-order valence-electron chi connectivity index (χ3n) is 5.91. The standard InChI is InChI=1S/C25H27ClN2O4S/c1-2-32-23-13-12-21(26)15-24(23)33(30,31)28-14-6-10-20(17-28)25(29)27-16-19-9-5-8-18-7-3-4-11-22(18)19/h3-5,7-9,11-13,15,20H,2,6,10,14,16-17H2,1H3,(H,27,29)/t20-/m0/s1. The van der Waals surface area contributed by atoms with Crippen LogP contribution in [0, 0.1) is 5.92 Å². The van der Waals surface area contributed by atoms with Crippen LogP contribution in [0.25, 0.3) is 10.8 Å². The lowest BCUT2D eigenvalue weighted by molar-refractivity contribution is -0.126. The molecule has 0 aromatic heterocycles. The summed E-state index contributed by atoms with van der Waals surface area (Å²) in [7, 11) is -3.86. The number of nitrogens with one attached hydrogen (secondary N) is 1. The predicted molar refractivity (Wildman–Crippen MR) is 130 cm³/mol. The largest absolute Gasteiger partial charge is 0.492 e. The molecule has 1 atom stereocenters. The van der Waals surface area contributed by atoms with Crippen molar-refractivity contribution in [2.24, 2.45) is 5.92 Å². The van der Waals surface area contributed by atoms with E-state index < -0.39 is 15.9 Å². The van der Waals surface area contributed by atoms with Gasteiger partial charge in [-0.15, -0.1) is 0 Å². The highest BCUT2D eigenvalue weighted by molar-refractivity contribution is 7.89. The van der Waals surface area contributed by atoms with Gasteiger partial charge in [0.25, 0.3) is 0 Å². The molecule has 1 N–H and O–H groups in total. The first-order valence-electron chi connectivity index (χ1n) is 11.1. The van der Waals surface area contributed by atoms with Crippen LogP contribution in [-0.2, 0) is 21.4 Å². The van der Waals surface area contributed by atoms with E-state index in [0.717, 1.165) is 16.3 Å². The van der Waals surface area contributed by atoms with Crippen LogP contribution >= 0.6 is 11.6 Å². The van der Waals surface area contributed by atoms with E-state index in [2.05, 4.69) is 5.32 Å². The highest BCUT2D eigenvalue weighted by atomic mass is 35.5. The van der Waals surface area contributed by atoms with Crippen LogP contribution in [0.15, 0.2) is 65.6 Å². The Balaban J connectivity index is 1.48. The van der Waals surface area contributed by atoms with E-state index in [1.54, 1.807) is 19.1 Å². The number of ether oxygens (including phenoxy) is 1. The molecule has 33 heavy (non-hydrogen) atoms. The zero-order valence-corrected chi connectivity index (χ0v) is 20.0. The SMILES string of the molecule is CCOc1ccc(Cl)cc1S(=O)(=O)N1CCC[C@H](C(=O)NCc2cccc3ccccc23)C1. The van der Waals surface area contributed by atoms with Crippen molar-refractivity contribution in [1.82, 2.24) is 9.62 Å². The number of sulfonamides is 1. The van der Waals surface area contributed by atoms with Gasteiger partial charge in [-0.05, 0) is 54.3 Å². The average Bonchev–Trinajstić information content (AvgIpc) is 2.83. The minimum absolute atomic E-state index is 0.0358. The average molecular weight is 487 g/mol. The van der Waals surface area contributed by atoms with Crippen molar-refractivity contribution in [3.63, 3.8) is 0 Å². The van der Waals surface area contributed by atoms with Crippen LogP contribution in [0.4, 0.5) is 0 Å². The Morgan fingerprint density at radius 2 is 1.94 bits per heavy atom. The minimum atomic E-state index is -3.86. The summed E-state index contributed by atoms with van der Waals surface area (Å²) >= 11 is 6.08. The van der Waals surface area contributed by atoms with Crippen LogP contribution in [0.5, 0.6) is 5.75 Å². The molecule has 0 saturated carbocycles. The predicted octanol–water partition coefficient (Wildman–Crippen LogP) is 4.61. The molecule has 174 valence electrons. The molecule has 0 spiro atoms. The Hall–Kier alpha value is -2.61. The lowest BCUT2D eigenvalue weighted by Crippen LogP contribution is -2.45. The van der Waals surface area contributed by atoms with Crippen molar-refractivity contribution >= 4 is 38.3 Å². The van der Waals surface area contributed by atoms with E-state index in [1.807, 2.05) is 42.5 Å². The maximum Gasteiger partial charge on any atom is 0.246 e. The summed E-state index contributed by atoms with van der Waals surface area (Å²) in [6.07, 6.45) is 1.25. The quantitative estimate of drug-likeness (QED) is 0.529. The van der Waals surface area contributed by atoms with Gasteiger partial charge in [0, 0.05) is 24.7 Å². The third kappa shape index (κ3) is 5.16. The molecule has 1 heterocycles. The normalized spacial score (nSPS) is 17.1. The maximum atomic E-state index is 13.4. The molecule has 1 amide bonds. The number of amides is 1. The van der Waals surface area contributed by atoms with Crippen LogP contribution in [0.1, 0.15) is 25.3 Å². The van der Waals surface area contributed by atoms with Crippen molar-refractivity contribution < 1.29 is 17.9 Å². The van der Waals surface area contributed by atoms with Gasteiger partial charge in [0.2, 0.25) is 15.9 Å². The van der Waals surface area contributed by atoms with E-state index in [0.29, 0.717) is 37.6 Å². The number of hydrogen-bond donors (Lipinski definition) is 1. The lowest BCUT2D eigenvalue weighted by Gasteiger charge is -2.31. The smallest absolute Gasteiger partial charge is 0.246 e. The first kappa shape index (κ1) is 23.5. The summed E-state index contributed by atoms with van der Waals surface area (Å²) in [5.41, 5.74) is 1.03. The maximum absolute atomic E-state index is 13.4. The monoisotopic (exact) mass is 486 g/mol. The molecule has 1 aliphatic heterocycles. The number of piperidine rings is 1. The number of benzene rings is 3. The fourth-order valence-electron chi connectivity index (χ4n) is 4.25. The van der Waals surface area contributed by atoms with Crippen LogP contribution < -0.4 is 10.1 Å². The van der Waals surface area contributed by atoms with Gasteiger partial charge in [0.05, 0.1) is 12.5 Å². The van der Waals surface area contributed by atoms with E-state index in [9.17, 15) is 13.2 Å². The van der Waals surface area contributed by atoms with Gasteiger partial charge in [0.1, 0.15) is 10.6 Å². The van der Waals surface area contributed by atoms with Gasteiger partial charge in [-0.2, -0.15) is 4.31 Å². The van der Waals surface area contributed by atoms with Gasteiger partial charge in [-0.25, -0.2) is 8.42 Å². The molecule has 3 aromatic carbocycles. The molecule has 0 radical (unpaired) electrons. The molecule has 8 heteroatoms. The molecular weight excluding hydrogens is 460 g/mol. The second-order valence-corrected chi connectivity index (χ2v) is 10.4. The summed E-state index contributed by atoms with van der Waals surface area (Å²) in [5.74, 6) is -0.290. The number of rotatable bonds is 7. The fourth-order valence-corrected chi connectivity index (χ4v) is 6.16. The van der Waals surface area contributed by atoms with Gasteiger partial charge in [0.15, 0.2) is 0 Å². The van der Waals surface area contributed by atoms with E-state index >= 15 is 0 Å². The van der Waals surface area contributed by atoms with Crippen molar-refractivity contribution in [2.45, 2.75) is 31.2 Å². The number of halogens is 1. The number of fused-ring (bicyclic) bond motifs is 1. The molecule has 1 saturated heterocycles. The van der Waals surface area contributed by atoms with Gasteiger partial charge in [-0.3, -0.25) is 4.79 Å². The van der Waals surface area contributed by atoms with Gasteiger partial charge in [-0.1, -0.05) is 54.1 Å². The second kappa shape index (κ2) is 10.1. The zero-order valence-electron chi connectivity index (χ0n) is 18.5. The van der Waals surface area contributed by atoms with Crippen LogP contribution in [0.2, 0.25) is 5.02 Å². The van der Waals surface area contributed by atoms with Crippen molar-refractivity contribution in [3.8, 4) is 5.75 Å². The summed E-state index contributed by atoms with van der Waals surface area (Å²) in [5, 5.41) is 5.54. The Labute approximate surface area is 199 Å². The molecule has 4 rings (SSSR count). The minimum Gasteiger partial charge on any atom is -0.492 e. The number of carbonyl (C=O) groups is 1. The fraction of sp³-hybridized carbons (Fsp3) is 0.320. The molecule has 3 aromatic rings. The summed E-state index contributed by atoms with van der Waals surface area (Å²) in [6.45, 7) is 3.01. The van der Waals surface area contributed by atoms with Gasteiger partial charge < -0.3 is 10.1 Å². The van der Waals surface area contributed by atoms with Crippen molar-refractivity contribution in [2.75, 3.05) is 19.7 Å². The Bertz CT molecular complexity index is 1260. The Kier molecular flexibility index (Phi) is 7.22. The highest BCUT2D eigenvalue weighted by Crippen LogP contribution is 2.32. The molecule has 0 unspecified atom stereocenters. The van der Waals surface area contributed by atoms with Crippen LogP contribution in [-0.4, -0.2) is 38.3 Å². The summed E-state index contributed by atoms with van der Waals surface area (Å²) in [4.78, 5) is 13.0. The first-order chi connectivity index (χ1) is 15.9. The van der Waals surface area contributed by atoms with E-state index in [-0.39, 0.29) is 23.1 Å². The lowest BCUT2D eigenvalue weighted by atomic mass is 9.98. The molecule has 1 fully saturated rings. The van der Waals surface area contributed by atoms with Crippen molar-refractivity contribution in [3.05, 3.63) is 71.2 Å². The van der Waals surface area contributed by atoms with Gasteiger partial charge >= 0.3 is 0 Å². The number of hydrogen-bond acceptors (Lipinski definition) is 4. The highest BCUT2D eigenvalue weighted by Gasteiger charge is 2.35. The molecule has 1 aliphatic rings. The Morgan fingerprint density at radius 3 is 2.76 bits per heavy atom. The molecule has 6 nitrogen and oxygen atoms in total. The molecule has 0 bridgehead atoms. The Morgan fingerprint density at radius 1 is 1.15 bits per heavy atom. The first-order valence-corrected chi connectivity index (χ1v) is 12.9. The topological polar surface area (TPSA) is 75.7 Å². The second-order valence-electron chi connectivity index (χ2n) is 8.08. The van der Waals surface area contributed by atoms with Crippen molar-refractivity contribution in [1.29, 1.82) is 0 Å².